The molecule has 2 amide bonds. The van der Waals surface area contributed by atoms with Gasteiger partial charge in [0, 0.05) is 0 Å². The van der Waals surface area contributed by atoms with Crippen LogP contribution >= 0.6 is 0 Å². The summed E-state index contributed by atoms with van der Waals surface area (Å²) in [4.78, 5) is 21.1. The van der Waals surface area contributed by atoms with Crippen LogP contribution in [0.3, 0.4) is 0 Å². The van der Waals surface area contributed by atoms with Crippen molar-refractivity contribution in [1.82, 2.24) is 10.0 Å². The van der Waals surface area contributed by atoms with E-state index in [1.54, 1.807) is 0 Å². The van der Waals surface area contributed by atoms with Gasteiger partial charge in [-0.2, -0.15) is 8.78 Å². The zero-order chi connectivity index (χ0) is 11.6. The molecule has 0 aliphatic carbocycles. The maximum Gasteiger partial charge on any atom is 0.426 e. The van der Waals surface area contributed by atoms with Gasteiger partial charge in [0.25, 0.3) is 0 Å². The van der Waals surface area contributed by atoms with Crippen LogP contribution < -0.4 is 0 Å². The van der Waals surface area contributed by atoms with Crippen LogP contribution in [0.5, 0.6) is 0 Å². The van der Waals surface area contributed by atoms with Crippen molar-refractivity contribution in [2.24, 2.45) is 0 Å². The predicted molar refractivity (Wildman–Crippen MR) is 40.3 cm³/mol. The largest absolute Gasteiger partial charge is 0.464 e. The first kappa shape index (κ1) is 11.4. The van der Waals surface area contributed by atoms with Crippen LogP contribution in [0.15, 0.2) is 0 Å². The average Bonchev–Trinajstić information content (AvgIpc) is 2.46. The van der Waals surface area contributed by atoms with E-state index in [4.69, 9.17) is 10.2 Å². The van der Waals surface area contributed by atoms with Gasteiger partial charge in [-0.25, -0.2) is 19.6 Å². The fourth-order valence-electron chi connectivity index (χ4n) is 1.23. The molecule has 1 heterocycles. The second kappa shape index (κ2) is 4.26. The van der Waals surface area contributed by atoms with E-state index in [1.807, 2.05) is 0 Å². The van der Waals surface area contributed by atoms with Crippen LogP contribution in [0, 0.1) is 0 Å². The third-order valence-corrected chi connectivity index (χ3v) is 1.78. The van der Waals surface area contributed by atoms with E-state index < -0.39 is 38.0 Å². The number of carbonyl (C=O) groups is 2. The van der Waals surface area contributed by atoms with E-state index in [0.717, 1.165) is 0 Å². The van der Waals surface area contributed by atoms with Crippen LogP contribution in [-0.2, 0) is 4.74 Å². The highest BCUT2D eigenvalue weighted by molar-refractivity contribution is 5.72. The molecular weight excluding hydrogens is 218 g/mol. The molecule has 0 atom stereocenters. The molecule has 7 nitrogen and oxygen atoms in total. The first-order valence-corrected chi connectivity index (χ1v) is 3.86. The first-order valence-electron chi connectivity index (χ1n) is 3.86. The van der Waals surface area contributed by atoms with Gasteiger partial charge in [0.15, 0.2) is 0 Å². The molecule has 0 spiro atoms. The van der Waals surface area contributed by atoms with E-state index >= 15 is 0 Å². The van der Waals surface area contributed by atoms with Gasteiger partial charge in [-0.05, 0) is 0 Å². The van der Waals surface area contributed by atoms with Gasteiger partial charge in [0.1, 0.15) is 6.10 Å². The smallest absolute Gasteiger partial charge is 0.426 e. The second-order valence-corrected chi connectivity index (χ2v) is 2.75. The third kappa shape index (κ3) is 2.65. The Bertz CT molecular complexity index is 252. The normalized spacial score (nSPS) is 17.5. The standard InChI is InChI=1S/C6H8F2N2O5/c7-4(8)15-3-1-9(5(11)12)10(2-3)6(13)14/h3-4H,1-2H2,(H,11,12)(H,13,14). The molecule has 1 fully saturated rings. The summed E-state index contributed by atoms with van der Waals surface area (Å²) in [6, 6.07) is 0. The van der Waals surface area contributed by atoms with Crippen molar-refractivity contribution in [3.63, 3.8) is 0 Å². The number of hydrogen-bond donors (Lipinski definition) is 2. The maximum absolute atomic E-state index is 11.8. The van der Waals surface area contributed by atoms with Gasteiger partial charge in [0.2, 0.25) is 0 Å². The highest BCUT2D eigenvalue weighted by atomic mass is 19.3. The minimum Gasteiger partial charge on any atom is -0.464 e. The molecule has 0 unspecified atom stereocenters. The average molecular weight is 226 g/mol. The predicted octanol–water partition coefficient (Wildman–Crippen LogP) is 0.483. The Morgan fingerprint density at radius 3 is 1.87 bits per heavy atom. The number of alkyl halides is 2. The fraction of sp³-hybridized carbons (Fsp3) is 0.667. The minimum absolute atomic E-state index is 0.412. The van der Waals surface area contributed by atoms with Crippen molar-refractivity contribution < 1.29 is 33.3 Å². The molecule has 9 heteroatoms. The Morgan fingerprint density at radius 1 is 1.20 bits per heavy atom. The molecule has 1 saturated heterocycles. The molecular formula is C6H8F2N2O5. The Balaban J connectivity index is 2.65. The highest BCUT2D eigenvalue weighted by Crippen LogP contribution is 2.16. The lowest BCUT2D eigenvalue weighted by molar-refractivity contribution is -0.155. The lowest BCUT2D eigenvalue weighted by Gasteiger charge is -2.20. The van der Waals surface area contributed by atoms with E-state index in [1.165, 1.54) is 0 Å². The number of hydrogen-bond acceptors (Lipinski definition) is 3. The lowest BCUT2D eigenvalue weighted by atomic mass is 10.4. The van der Waals surface area contributed by atoms with Crippen LogP contribution in [-0.4, -0.2) is 58.2 Å². The summed E-state index contributed by atoms with van der Waals surface area (Å²) in [5, 5.41) is 17.9. The number of hydrazine groups is 1. The number of carboxylic acid groups (broad SMARTS) is 2. The van der Waals surface area contributed by atoms with Crippen molar-refractivity contribution in [2.45, 2.75) is 12.7 Å². The van der Waals surface area contributed by atoms with Gasteiger partial charge < -0.3 is 14.9 Å². The highest BCUT2D eigenvalue weighted by Gasteiger charge is 2.38. The SMILES string of the molecule is O=C(O)N1CC(OC(F)F)CN1C(=O)O. The number of ether oxygens (including phenoxy) is 1. The second-order valence-electron chi connectivity index (χ2n) is 2.75. The van der Waals surface area contributed by atoms with Crippen LogP contribution in [0.4, 0.5) is 18.4 Å². The molecule has 0 aromatic rings. The molecule has 0 radical (unpaired) electrons. The lowest BCUT2D eigenvalue weighted by Crippen LogP contribution is -2.43. The summed E-state index contributed by atoms with van der Waals surface area (Å²) in [5.74, 6) is 0. The van der Waals surface area contributed by atoms with Gasteiger partial charge in [-0.1, -0.05) is 0 Å². The topological polar surface area (TPSA) is 90.3 Å². The van der Waals surface area contributed by atoms with Gasteiger partial charge in [-0.3, -0.25) is 0 Å². The number of amides is 2. The molecule has 0 saturated carbocycles. The fourth-order valence-corrected chi connectivity index (χ4v) is 1.23. The molecule has 1 aliphatic heterocycles. The van der Waals surface area contributed by atoms with Crippen molar-refractivity contribution >= 4 is 12.2 Å². The summed E-state index contributed by atoms with van der Waals surface area (Å²) in [6.07, 6.45) is -4.20. The van der Waals surface area contributed by atoms with Crippen molar-refractivity contribution in [3.8, 4) is 0 Å². The van der Waals surface area contributed by atoms with Crippen LogP contribution in [0.1, 0.15) is 0 Å². The Morgan fingerprint density at radius 2 is 1.60 bits per heavy atom. The van der Waals surface area contributed by atoms with E-state index in [2.05, 4.69) is 4.74 Å². The van der Waals surface area contributed by atoms with E-state index in [0.29, 0.717) is 10.0 Å². The number of rotatable bonds is 2. The van der Waals surface area contributed by atoms with Crippen molar-refractivity contribution in [2.75, 3.05) is 13.1 Å². The van der Waals surface area contributed by atoms with Gasteiger partial charge in [0.05, 0.1) is 13.1 Å². The summed E-state index contributed by atoms with van der Waals surface area (Å²) in [5.41, 5.74) is 0. The molecule has 15 heavy (non-hydrogen) atoms. The zero-order valence-corrected chi connectivity index (χ0v) is 7.34. The quantitative estimate of drug-likeness (QED) is 0.714. The molecule has 0 aromatic carbocycles. The summed E-state index contributed by atoms with van der Waals surface area (Å²) >= 11 is 0. The monoisotopic (exact) mass is 226 g/mol. The molecule has 2 N–H and O–H groups in total. The minimum atomic E-state index is -3.06. The molecule has 1 rings (SSSR count). The molecule has 0 bridgehead atoms. The molecule has 1 aliphatic rings. The summed E-state index contributed by atoms with van der Waals surface area (Å²) in [6.45, 7) is -3.91. The summed E-state index contributed by atoms with van der Waals surface area (Å²) < 4.78 is 27.6. The Kier molecular flexibility index (Phi) is 3.24. The van der Waals surface area contributed by atoms with Gasteiger partial charge in [-0.15, -0.1) is 0 Å². The van der Waals surface area contributed by atoms with Crippen molar-refractivity contribution in [3.05, 3.63) is 0 Å². The summed E-state index contributed by atoms with van der Waals surface area (Å²) in [7, 11) is 0. The molecule has 0 aromatic heterocycles. The Labute approximate surface area is 82.4 Å². The third-order valence-electron chi connectivity index (χ3n) is 1.78. The molecule has 86 valence electrons. The van der Waals surface area contributed by atoms with E-state index in [9.17, 15) is 18.4 Å². The zero-order valence-electron chi connectivity index (χ0n) is 7.34. The Hall–Kier alpha value is -1.64. The number of halogens is 2. The van der Waals surface area contributed by atoms with Crippen LogP contribution in [0.25, 0.3) is 0 Å². The maximum atomic E-state index is 11.8. The van der Waals surface area contributed by atoms with E-state index in [-0.39, 0.29) is 0 Å². The first-order chi connectivity index (χ1) is 6.91. The van der Waals surface area contributed by atoms with Crippen LogP contribution in [0.2, 0.25) is 0 Å². The van der Waals surface area contributed by atoms with Gasteiger partial charge >= 0.3 is 18.8 Å². The number of nitrogens with zero attached hydrogens (tertiary/aromatic N) is 2. The van der Waals surface area contributed by atoms with Crippen molar-refractivity contribution in [1.29, 1.82) is 0 Å².